The summed E-state index contributed by atoms with van der Waals surface area (Å²) < 4.78 is 3.14. The average molecular weight is 320 g/mol. The van der Waals surface area contributed by atoms with Crippen molar-refractivity contribution in [2.75, 3.05) is 5.32 Å². The lowest BCUT2D eigenvalue weighted by Gasteiger charge is -2.03. The fourth-order valence-corrected chi connectivity index (χ4v) is 1.95. The van der Waals surface area contributed by atoms with Gasteiger partial charge in [0.15, 0.2) is 0 Å². The molecule has 0 spiro atoms. The Bertz CT molecular complexity index is 409. The third-order valence-electron chi connectivity index (χ3n) is 1.84. The number of thiazole rings is 1. The Morgan fingerprint density at radius 2 is 2.43 bits per heavy atom. The summed E-state index contributed by atoms with van der Waals surface area (Å²) in [5, 5.41) is 3.25. The quantitative estimate of drug-likeness (QED) is 0.881. The molecule has 0 aromatic carbocycles. The molecule has 74 valence electrons. The smallest absolute Gasteiger partial charge is 0.203 e. The van der Waals surface area contributed by atoms with E-state index in [1.807, 2.05) is 29.5 Å². The number of hydrogen-bond acceptors (Lipinski definition) is 4. The van der Waals surface area contributed by atoms with E-state index >= 15 is 0 Å². The van der Waals surface area contributed by atoms with Gasteiger partial charge < -0.3 is 9.88 Å². The normalized spacial score (nSPS) is 10.4. The van der Waals surface area contributed by atoms with Crippen LogP contribution in [0.25, 0.3) is 0 Å². The van der Waals surface area contributed by atoms with Gasteiger partial charge in [0.25, 0.3) is 0 Å². The molecule has 14 heavy (non-hydrogen) atoms. The van der Waals surface area contributed by atoms with Crippen LogP contribution in [0.2, 0.25) is 0 Å². The number of nitrogens with zero attached hydrogens (tertiary/aromatic N) is 3. The minimum atomic E-state index is 0.783. The predicted molar refractivity (Wildman–Crippen MR) is 65.4 cm³/mol. The van der Waals surface area contributed by atoms with Gasteiger partial charge in [-0.05, 0) is 22.6 Å². The molecule has 2 heterocycles. The van der Waals surface area contributed by atoms with Gasteiger partial charge in [-0.2, -0.15) is 0 Å². The van der Waals surface area contributed by atoms with Gasteiger partial charge in [-0.1, -0.05) is 0 Å². The first-order chi connectivity index (χ1) is 6.77. The van der Waals surface area contributed by atoms with Crippen LogP contribution in [-0.4, -0.2) is 14.5 Å². The molecule has 0 aliphatic heterocycles. The van der Waals surface area contributed by atoms with E-state index in [-0.39, 0.29) is 0 Å². The van der Waals surface area contributed by atoms with Crippen LogP contribution in [0.1, 0.15) is 4.88 Å². The molecule has 0 aliphatic carbocycles. The molecular formula is C8H9IN4S. The monoisotopic (exact) mass is 320 g/mol. The van der Waals surface area contributed by atoms with E-state index < -0.39 is 0 Å². The van der Waals surface area contributed by atoms with Crippen LogP contribution in [0.5, 0.6) is 0 Å². The van der Waals surface area contributed by atoms with E-state index in [1.165, 1.54) is 4.88 Å². The van der Waals surface area contributed by atoms with E-state index in [1.54, 1.807) is 11.3 Å². The lowest BCUT2D eigenvalue weighted by Crippen LogP contribution is -2.04. The van der Waals surface area contributed by atoms with Crippen LogP contribution >= 0.6 is 33.9 Å². The Labute approximate surface area is 99.5 Å². The Hall–Kier alpha value is -0.630. The van der Waals surface area contributed by atoms with Crippen LogP contribution in [0.4, 0.5) is 5.95 Å². The number of rotatable bonds is 3. The number of aromatic nitrogens is 3. The van der Waals surface area contributed by atoms with Crippen molar-refractivity contribution >= 4 is 39.9 Å². The molecule has 0 saturated heterocycles. The van der Waals surface area contributed by atoms with Crippen LogP contribution in [0.3, 0.4) is 0 Å². The van der Waals surface area contributed by atoms with Gasteiger partial charge >= 0.3 is 0 Å². The molecule has 2 aromatic heterocycles. The molecule has 1 N–H and O–H groups in total. The fraction of sp³-hybridized carbons (Fsp3) is 0.250. The summed E-state index contributed by atoms with van der Waals surface area (Å²) in [5.41, 5.74) is 1.83. The van der Waals surface area contributed by atoms with Gasteiger partial charge in [-0.25, -0.2) is 4.98 Å². The topological polar surface area (TPSA) is 42.7 Å². The molecule has 0 saturated carbocycles. The standard InChI is InChI=1S/C8H9IN4S/c1-13-7(9)4-12-8(13)11-3-6-2-10-5-14-6/h2,4-5H,3H2,1H3,(H,11,12). The van der Waals surface area contributed by atoms with Gasteiger partial charge in [0.2, 0.25) is 5.95 Å². The highest BCUT2D eigenvalue weighted by Gasteiger charge is 2.03. The molecule has 2 aromatic rings. The van der Waals surface area contributed by atoms with Gasteiger partial charge in [0.05, 0.1) is 18.3 Å². The molecule has 6 heteroatoms. The van der Waals surface area contributed by atoms with Gasteiger partial charge in [0.1, 0.15) is 3.70 Å². The van der Waals surface area contributed by atoms with E-state index in [9.17, 15) is 0 Å². The first kappa shape index (κ1) is 9.91. The molecule has 0 aliphatic rings. The number of halogens is 1. The van der Waals surface area contributed by atoms with Crippen LogP contribution in [-0.2, 0) is 13.6 Å². The lowest BCUT2D eigenvalue weighted by atomic mass is 10.5. The van der Waals surface area contributed by atoms with Crippen LogP contribution in [0, 0.1) is 3.70 Å². The summed E-state index contributed by atoms with van der Waals surface area (Å²) in [6.45, 7) is 0.783. The number of imidazole rings is 1. The van der Waals surface area contributed by atoms with Crippen LogP contribution in [0.15, 0.2) is 17.9 Å². The zero-order valence-corrected chi connectivity index (χ0v) is 10.5. The second-order valence-corrected chi connectivity index (χ2v) is 4.86. The molecule has 2 rings (SSSR count). The van der Waals surface area contributed by atoms with Gasteiger partial charge in [0, 0.05) is 18.1 Å². The van der Waals surface area contributed by atoms with E-state index in [2.05, 4.69) is 37.9 Å². The Morgan fingerprint density at radius 1 is 1.57 bits per heavy atom. The maximum Gasteiger partial charge on any atom is 0.203 e. The summed E-state index contributed by atoms with van der Waals surface area (Å²) in [6.07, 6.45) is 3.71. The number of anilines is 1. The Balaban J connectivity index is 2.02. The van der Waals surface area contributed by atoms with Crippen LogP contribution < -0.4 is 5.32 Å². The predicted octanol–water partition coefficient (Wildman–Crippen LogP) is 2.09. The molecule has 0 radical (unpaired) electrons. The van der Waals surface area contributed by atoms with Crippen molar-refractivity contribution < 1.29 is 0 Å². The zero-order valence-electron chi connectivity index (χ0n) is 7.57. The van der Waals surface area contributed by atoms with E-state index in [0.29, 0.717) is 0 Å². The summed E-state index contributed by atoms with van der Waals surface area (Å²) in [6, 6.07) is 0. The van der Waals surface area contributed by atoms with Crippen molar-refractivity contribution in [1.29, 1.82) is 0 Å². The summed E-state index contributed by atoms with van der Waals surface area (Å²) >= 11 is 3.89. The number of hydrogen-bond donors (Lipinski definition) is 1. The fourth-order valence-electron chi connectivity index (χ4n) is 1.05. The SMILES string of the molecule is Cn1c(I)cnc1NCc1cncs1. The second-order valence-electron chi connectivity index (χ2n) is 2.78. The number of nitrogens with one attached hydrogen (secondary N) is 1. The maximum atomic E-state index is 4.24. The maximum absolute atomic E-state index is 4.24. The Kier molecular flexibility index (Phi) is 3.02. The zero-order chi connectivity index (χ0) is 9.97. The van der Waals surface area contributed by atoms with Crippen molar-refractivity contribution in [2.24, 2.45) is 7.05 Å². The lowest BCUT2D eigenvalue weighted by molar-refractivity contribution is 0.880. The van der Waals surface area contributed by atoms with Gasteiger partial charge in [-0.3, -0.25) is 4.98 Å². The minimum Gasteiger partial charge on any atom is -0.351 e. The highest BCUT2D eigenvalue weighted by Crippen LogP contribution is 2.12. The summed E-state index contributed by atoms with van der Waals surface area (Å²) in [7, 11) is 1.99. The van der Waals surface area contributed by atoms with E-state index in [0.717, 1.165) is 16.2 Å². The molecular weight excluding hydrogens is 311 g/mol. The van der Waals surface area contributed by atoms with E-state index in [4.69, 9.17) is 0 Å². The summed E-state index contributed by atoms with van der Waals surface area (Å²) in [5.74, 6) is 0.891. The van der Waals surface area contributed by atoms with Crippen molar-refractivity contribution in [1.82, 2.24) is 14.5 Å². The van der Waals surface area contributed by atoms with Gasteiger partial charge in [-0.15, -0.1) is 11.3 Å². The van der Waals surface area contributed by atoms with Crippen molar-refractivity contribution in [3.63, 3.8) is 0 Å². The first-order valence-corrected chi connectivity index (χ1v) is 6.01. The highest BCUT2D eigenvalue weighted by atomic mass is 127. The summed E-state index contributed by atoms with van der Waals surface area (Å²) in [4.78, 5) is 9.47. The average Bonchev–Trinajstić information content (AvgIpc) is 2.77. The highest BCUT2D eigenvalue weighted by molar-refractivity contribution is 14.1. The molecule has 0 atom stereocenters. The Morgan fingerprint density at radius 3 is 3.00 bits per heavy atom. The third kappa shape index (κ3) is 2.06. The largest absolute Gasteiger partial charge is 0.351 e. The molecule has 0 fully saturated rings. The molecule has 4 nitrogen and oxygen atoms in total. The molecule has 0 amide bonds. The van der Waals surface area contributed by atoms with Crippen molar-refractivity contribution in [3.05, 3.63) is 26.5 Å². The third-order valence-corrected chi connectivity index (χ3v) is 3.62. The molecule has 0 bridgehead atoms. The van der Waals surface area contributed by atoms with Crippen molar-refractivity contribution in [2.45, 2.75) is 6.54 Å². The molecule has 0 unspecified atom stereocenters. The van der Waals surface area contributed by atoms with Crippen molar-refractivity contribution in [3.8, 4) is 0 Å². The second kappa shape index (κ2) is 4.26. The first-order valence-electron chi connectivity index (χ1n) is 4.06. The minimum absolute atomic E-state index is 0.783.